The molecule has 2 aromatic carbocycles. The van der Waals surface area contributed by atoms with Crippen LogP contribution in [0.4, 0.5) is 24.5 Å². The molecule has 1 saturated heterocycles. The number of nitrogens with one attached hydrogen (secondary N) is 1. The fraction of sp³-hybridized carbons (Fsp3) is 0.278. The highest BCUT2D eigenvalue weighted by Crippen LogP contribution is 2.24. The van der Waals surface area contributed by atoms with Crippen molar-refractivity contribution in [1.82, 2.24) is 0 Å². The van der Waals surface area contributed by atoms with Crippen molar-refractivity contribution in [1.29, 1.82) is 0 Å². The summed E-state index contributed by atoms with van der Waals surface area (Å²) in [5.41, 5.74) is 1.85. The standard InChI is InChI=1S/C18H17F3N2O3/c19-18(20,21)26-16-7-3-14(4-8-16)22-17(24)13-1-5-15(6-2-13)23-9-11-25-12-10-23/h1-8H,9-12H2,(H,22,24). The van der Waals surface area contributed by atoms with Gasteiger partial charge in [-0.15, -0.1) is 13.2 Å². The number of rotatable bonds is 4. The van der Waals surface area contributed by atoms with Crippen molar-refractivity contribution in [2.24, 2.45) is 0 Å². The number of hydrogen-bond acceptors (Lipinski definition) is 4. The zero-order valence-electron chi connectivity index (χ0n) is 13.8. The van der Waals surface area contributed by atoms with Crippen LogP contribution in [0, 0.1) is 0 Å². The van der Waals surface area contributed by atoms with Crippen molar-refractivity contribution in [3.63, 3.8) is 0 Å². The minimum Gasteiger partial charge on any atom is -0.406 e. The van der Waals surface area contributed by atoms with Crippen LogP contribution in [0.1, 0.15) is 10.4 Å². The van der Waals surface area contributed by atoms with Gasteiger partial charge in [0.05, 0.1) is 13.2 Å². The summed E-state index contributed by atoms with van der Waals surface area (Å²) >= 11 is 0. The Labute approximate surface area is 148 Å². The summed E-state index contributed by atoms with van der Waals surface area (Å²) in [6.45, 7) is 2.96. The van der Waals surface area contributed by atoms with Gasteiger partial charge in [0.1, 0.15) is 5.75 Å². The molecule has 3 rings (SSSR count). The van der Waals surface area contributed by atoms with Gasteiger partial charge in [0.2, 0.25) is 0 Å². The summed E-state index contributed by atoms with van der Waals surface area (Å²) in [5, 5.41) is 2.64. The summed E-state index contributed by atoms with van der Waals surface area (Å²) in [6, 6.07) is 12.1. The van der Waals surface area contributed by atoms with Crippen LogP contribution in [0.2, 0.25) is 0 Å². The van der Waals surface area contributed by atoms with E-state index < -0.39 is 6.36 Å². The fourth-order valence-electron chi connectivity index (χ4n) is 2.59. The molecule has 8 heteroatoms. The maximum Gasteiger partial charge on any atom is 0.573 e. The van der Waals surface area contributed by atoms with Gasteiger partial charge in [0.25, 0.3) is 5.91 Å². The number of carbonyl (C=O) groups excluding carboxylic acids is 1. The number of hydrogen-bond donors (Lipinski definition) is 1. The molecule has 1 N–H and O–H groups in total. The lowest BCUT2D eigenvalue weighted by Crippen LogP contribution is -2.36. The summed E-state index contributed by atoms with van der Waals surface area (Å²) in [5.74, 6) is -0.687. The molecule has 1 aliphatic heterocycles. The Kier molecular flexibility index (Phi) is 5.32. The van der Waals surface area contributed by atoms with Crippen LogP contribution in [0.3, 0.4) is 0 Å². The van der Waals surface area contributed by atoms with Crippen LogP contribution in [-0.2, 0) is 4.74 Å². The first-order valence-corrected chi connectivity index (χ1v) is 8.01. The molecular formula is C18H17F3N2O3. The smallest absolute Gasteiger partial charge is 0.406 e. The number of morpholine rings is 1. The van der Waals surface area contributed by atoms with Crippen molar-refractivity contribution < 1.29 is 27.4 Å². The van der Waals surface area contributed by atoms with E-state index in [1.165, 1.54) is 12.1 Å². The van der Waals surface area contributed by atoms with E-state index in [0.717, 1.165) is 30.9 Å². The number of halogens is 3. The van der Waals surface area contributed by atoms with E-state index in [1.807, 2.05) is 12.1 Å². The van der Waals surface area contributed by atoms with E-state index >= 15 is 0 Å². The normalized spacial score (nSPS) is 14.8. The Morgan fingerprint density at radius 2 is 1.62 bits per heavy atom. The molecule has 0 spiro atoms. The van der Waals surface area contributed by atoms with Crippen LogP contribution < -0.4 is 15.0 Å². The minimum atomic E-state index is -4.74. The average Bonchev–Trinajstić information content (AvgIpc) is 2.63. The van der Waals surface area contributed by atoms with Crippen molar-refractivity contribution in [2.75, 3.05) is 36.5 Å². The Balaban J connectivity index is 1.60. The molecule has 0 saturated carbocycles. The van der Waals surface area contributed by atoms with Crippen LogP contribution in [0.15, 0.2) is 48.5 Å². The van der Waals surface area contributed by atoms with Crippen molar-refractivity contribution in [2.45, 2.75) is 6.36 Å². The number of alkyl halides is 3. The lowest BCUT2D eigenvalue weighted by molar-refractivity contribution is -0.274. The summed E-state index contributed by atoms with van der Waals surface area (Å²) < 4.78 is 45.5. The van der Waals surface area contributed by atoms with E-state index in [0.29, 0.717) is 24.5 Å². The summed E-state index contributed by atoms with van der Waals surface area (Å²) in [6.07, 6.45) is -4.74. The van der Waals surface area contributed by atoms with E-state index in [9.17, 15) is 18.0 Å². The number of nitrogens with zero attached hydrogens (tertiary/aromatic N) is 1. The second-order valence-electron chi connectivity index (χ2n) is 5.67. The quantitative estimate of drug-likeness (QED) is 0.897. The van der Waals surface area contributed by atoms with Crippen LogP contribution in [0.25, 0.3) is 0 Å². The van der Waals surface area contributed by atoms with Gasteiger partial charge in [-0.25, -0.2) is 0 Å². The molecule has 0 bridgehead atoms. The maximum absolute atomic E-state index is 12.3. The third kappa shape index (κ3) is 4.89. The molecule has 1 fully saturated rings. The molecule has 138 valence electrons. The number of anilines is 2. The lowest BCUT2D eigenvalue weighted by atomic mass is 10.1. The van der Waals surface area contributed by atoms with Gasteiger partial charge < -0.3 is 19.7 Å². The predicted molar refractivity (Wildman–Crippen MR) is 90.6 cm³/mol. The first-order chi connectivity index (χ1) is 12.4. The molecule has 26 heavy (non-hydrogen) atoms. The van der Waals surface area contributed by atoms with Crippen molar-refractivity contribution in [3.8, 4) is 5.75 Å². The van der Waals surface area contributed by atoms with E-state index in [-0.39, 0.29) is 11.7 Å². The van der Waals surface area contributed by atoms with Crippen molar-refractivity contribution in [3.05, 3.63) is 54.1 Å². The Morgan fingerprint density at radius 3 is 2.19 bits per heavy atom. The van der Waals surface area contributed by atoms with Gasteiger partial charge in [-0.1, -0.05) is 0 Å². The fourth-order valence-corrected chi connectivity index (χ4v) is 2.59. The SMILES string of the molecule is O=C(Nc1ccc(OC(F)(F)F)cc1)c1ccc(N2CCOCC2)cc1. The molecular weight excluding hydrogens is 349 g/mol. The predicted octanol–water partition coefficient (Wildman–Crippen LogP) is 3.67. The Hall–Kier alpha value is -2.74. The minimum absolute atomic E-state index is 0.342. The summed E-state index contributed by atoms with van der Waals surface area (Å²) in [4.78, 5) is 14.4. The average molecular weight is 366 g/mol. The number of amides is 1. The number of ether oxygens (including phenoxy) is 2. The van der Waals surface area contributed by atoms with E-state index in [2.05, 4.69) is 15.0 Å². The van der Waals surface area contributed by atoms with Crippen LogP contribution in [-0.4, -0.2) is 38.6 Å². The number of benzene rings is 2. The van der Waals surface area contributed by atoms with Gasteiger partial charge >= 0.3 is 6.36 Å². The maximum atomic E-state index is 12.3. The van der Waals surface area contributed by atoms with Crippen LogP contribution in [0.5, 0.6) is 5.75 Å². The second-order valence-corrected chi connectivity index (χ2v) is 5.67. The van der Waals surface area contributed by atoms with E-state index in [4.69, 9.17) is 4.74 Å². The highest BCUT2D eigenvalue weighted by molar-refractivity contribution is 6.04. The highest BCUT2D eigenvalue weighted by Gasteiger charge is 2.30. The lowest BCUT2D eigenvalue weighted by Gasteiger charge is -2.28. The molecule has 2 aromatic rings. The Morgan fingerprint density at radius 1 is 1.00 bits per heavy atom. The van der Waals surface area contributed by atoms with Crippen LogP contribution >= 0.6 is 0 Å². The largest absolute Gasteiger partial charge is 0.573 e. The third-order valence-electron chi connectivity index (χ3n) is 3.85. The molecule has 1 heterocycles. The first-order valence-electron chi connectivity index (χ1n) is 8.01. The van der Waals surface area contributed by atoms with Gasteiger partial charge in [0.15, 0.2) is 0 Å². The van der Waals surface area contributed by atoms with E-state index in [1.54, 1.807) is 12.1 Å². The van der Waals surface area contributed by atoms with Gasteiger partial charge in [-0.3, -0.25) is 4.79 Å². The molecule has 1 aliphatic rings. The summed E-state index contributed by atoms with van der Waals surface area (Å²) in [7, 11) is 0. The van der Waals surface area contributed by atoms with Gasteiger partial charge in [-0.2, -0.15) is 0 Å². The zero-order valence-corrected chi connectivity index (χ0v) is 13.8. The zero-order chi connectivity index (χ0) is 18.6. The monoisotopic (exact) mass is 366 g/mol. The second kappa shape index (κ2) is 7.65. The molecule has 0 aliphatic carbocycles. The van der Waals surface area contributed by atoms with Gasteiger partial charge in [-0.05, 0) is 48.5 Å². The molecule has 1 amide bonds. The topological polar surface area (TPSA) is 50.8 Å². The molecule has 0 aromatic heterocycles. The molecule has 0 atom stereocenters. The van der Waals surface area contributed by atoms with Crippen molar-refractivity contribution >= 4 is 17.3 Å². The molecule has 5 nitrogen and oxygen atoms in total. The Bertz CT molecular complexity index is 740. The number of carbonyl (C=O) groups is 1. The molecule has 0 unspecified atom stereocenters. The molecule has 0 radical (unpaired) electrons. The third-order valence-corrected chi connectivity index (χ3v) is 3.85. The first kappa shape index (κ1) is 18.1. The van der Waals surface area contributed by atoms with Gasteiger partial charge in [0, 0.05) is 30.0 Å². The highest BCUT2D eigenvalue weighted by atomic mass is 19.4.